The number of halogens is 1. The van der Waals surface area contributed by atoms with Crippen LogP contribution in [0.5, 0.6) is 0 Å². The molecule has 0 fully saturated rings. The lowest BCUT2D eigenvalue weighted by Gasteiger charge is -2.04. The van der Waals surface area contributed by atoms with E-state index < -0.39 is 5.38 Å². The van der Waals surface area contributed by atoms with Crippen molar-refractivity contribution in [2.75, 3.05) is 6.54 Å². The Labute approximate surface area is 93.8 Å². The Bertz CT molecular complexity index is 324. The van der Waals surface area contributed by atoms with Crippen LogP contribution in [0.2, 0.25) is 0 Å². The van der Waals surface area contributed by atoms with Crippen molar-refractivity contribution >= 4 is 17.5 Å². The zero-order valence-corrected chi connectivity index (χ0v) is 9.66. The third-order valence-corrected chi connectivity index (χ3v) is 2.12. The van der Waals surface area contributed by atoms with Crippen molar-refractivity contribution in [1.82, 2.24) is 20.3 Å². The van der Waals surface area contributed by atoms with Crippen molar-refractivity contribution in [3.63, 3.8) is 0 Å². The molecule has 6 heteroatoms. The van der Waals surface area contributed by atoms with E-state index in [-0.39, 0.29) is 5.91 Å². The van der Waals surface area contributed by atoms with E-state index in [4.69, 9.17) is 11.6 Å². The van der Waals surface area contributed by atoms with E-state index in [2.05, 4.69) is 15.5 Å². The predicted molar refractivity (Wildman–Crippen MR) is 57.6 cm³/mol. The molecule has 84 valence electrons. The minimum absolute atomic E-state index is 0.129. The molecule has 1 aromatic rings. The number of nitrogens with zero attached hydrogens (tertiary/aromatic N) is 3. The topological polar surface area (TPSA) is 59.8 Å². The van der Waals surface area contributed by atoms with Crippen LogP contribution in [0.15, 0.2) is 6.20 Å². The van der Waals surface area contributed by atoms with Crippen LogP contribution >= 0.6 is 11.6 Å². The van der Waals surface area contributed by atoms with Gasteiger partial charge in [-0.1, -0.05) is 0 Å². The largest absolute Gasteiger partial charge is 0.355 e. The Balaban J connectivity index is 2.15. The van der Waals surface area contributed by atoms with Gasteiger partial charge in [0.1, 0.15) is 5.38 Å². The molecule has 1 atom stereocenters. The molecule has 1 aromatic heterocycles. The van der Waals surface area contributed by atoms with Crippen LogP contribution in [-0.4, -0.2) is 32.8 Å². The molecule has 0 saturated heterocycles. The van der Waals surface area contributed by atoms with Gasteiger partial charge in [-0.15, -0.1) is 11.6 Å². The summed E-state index contributed by atoms with van der Waals surface area (Å²) < 4.78 is 0. The number of aromatic nitrogens is 3. The first kappa shape index (κ1) is 12.0. The SMILES string of the molecule is CC(Cl)C(=O)NCCCc1cnn(C)n1. The Kier molecular flexibility index (Phi) is 4.55. The van der Waals surface area contributed by atoms with Crippen molar-refractivity contribution in [3.05, 3.63) is 11.9 Å². The van der Waals surface area contributed by atoms with Crippen LogP contribution in [0.1, 0.15) is 19.0 Å². The second-order valence-corrected chi connectivity index (χ2v) is 3.99. The van der Waals surface area contributed by atoms with Gasteiger partial charge in [0.05, 0.1) is 11.9 Å². The van der Waals surface area contributed by atoms with Crippen LogP contribution in [0.3, 0.4) is 0 Å². The van der Waals surface area contributed by atoms with E-state index in [1.165, 1.54) is 4.80 Å². The lowest BCUT2D eigenvalue weighted by atomic mass is 10.2. The number of rotatable bonds is 5. The third kappa shape index (κ3) is 4.29. The molecular formula is C9H15ClN4O. The summed E-state index contributed by atoms with van der Waals surface area (Å²) in [4.78, 5) is 12.6. The van der Waals surface area contributed by atoms with E-state index >= 15 is 0 Å². The Morgan fingerprint density at radius 1 is 1.73 bits per heavy atom. The first-order chi connectivity index (χ1) is 7.09. The molecule has 15 heavy (non-hydrogen) atoms. The molecule has 0 spiro atoms. The molecule has 0 aliphatic carbocycles. The molecule has 0 aromatic carbocycles. The summed E-state index contributed by atoms with van der Waals surface area (Å²) in [6.07, 6.45) is 3.38. The number of carbonyl (C=O) groups is 1. The van der Waals surface area contributed by atoms with Gasteiger partial charge >= 0.3 is 0 Å². The normalized spacial score (nSPS) is 12.5. The molecule has 1 rings (SSSR count). The van der Waals surface area contributed by atoms with Crippen molar-refractivity contribution in [1.29, 1.82) is 0 Å². The molecular weight excluding hydrogens is 216 g/mol. The summed E-state index contributed by atoms with van der Waals surface area (Å²) in [5.41, 5.74) is 0.936. The molecule has 1 amide bonds. The average molecular weight is 231 g/mol. The molecule has 1 unspecified atom stereocenters. The molecule has 0 aliphatic rings. The molecule has 0 aliphatic heterocycles. The average Bonchev–Trinajstić information content (AvgIpc) is 2.58. The fraction of sp³-hybridized carbons (Fsp3) is 0.667. The quantitative estimate of drug-likeness (QED) is 0.592. The lowest BCUT2D eigenvalue weighted by molar-refractivity contribution is -0.120. The first-order valence-electron chi connectivity index (χ1n) is 4.86. The molecule has 0 bridgehead atoms. The van der Waals surface area contributed by atoms with Gasteiger partial charge in [-0.3, -0.25) is 4.79 Å². The molecule has 1 N–H and O–H groups in total. The number of hydrogen-bond acceptors (Lipinski definition) is 3. The minimum Gasteiger partial charge on any atom is -0.355 e. The van der Waals surface area contributed by atoms with E-state index in [0.29, 0.717) is 6.54 Å². The van der Waals surface area contributed by atoms with Gasteiger partial charge in [-0.2, -0.15) is 15.0 Å². The van der Waals surface area contributed by atoms with Gasteiger partial charge in [-0.05, 0) is 19.8 Å². The monoisotopic (exact) mass is 230 g/mol. The molecule has 0 radical (unpaired) electrons. The number of hydrogen-bond donors (Lipinski definition) is 1. The maximum absolute atomic E-state index is 11.1. The fourth-order valence-corrected chi connectivity index (χ4v) is 1.20. The predicted octanol–water partition coefficient (Wildman–Crippen LogP) is 0.491. The number of alkyl halides is 1. The van der Waals surface area contributed by atoms with Gasteiger partial charge in [0.15, 0.2) is 0 Å². The van der Waals surface area contributed by atoms with Gasteiger partial charge < -0.3 is 5.32 Å². The zero-order valence-electron chi connectivity index (χ0n) is 8.90. The maximum Gasteiger partial charge on any atom is 0.237 e. The Morgan fingerprint density at radius 3 is 3.00 bits per heavy atom. The smallest absolute Gasteiger partial charge is 0.237 e. The van der Waals surface area contributed by atoms with Crippen LogP contribution in [0.25, 0.3) is 0 Å². The standard InChI is InChI=1S/C9H15ClN4O/c1-7(10)9(15)11-5-3-4-8-6-12-14(2)13-8/h6-7H,3-5H2,1-2H3,(H,11,15). The number of amides is 1. The highest BCUT2D eigenvalue weighted by Gasteiger charge is 2.07. The van der Waals surface area contributed by atoms with E-state index in [9.17, 15) is 4.79 Å². The molecule has 1 heterocycles. The van der Waals surface area contributed by atoms with Crippen LogP contribution in [0, 0.1) is 0 Å². The summed E-state index contributed by atoms with van der Waals surface area (Å²) in [5.74, 6) is -0.129. The van der Waals surface area contributed by atoms with Gasteiger partial charge in [-0.25, -0.2) is 0 Å². The van der Waals surface area contributed by atoms with E-state index in [1.807, 2.05) is 0 Å². The fourth-order valence-electron chi connectivity index (χ4n) is 1.12. The molecule has 5 nitrogen and oxygen atoms in total. The van der Waals surface area contributed by atoms with Crippen molar-refractivity contribution in [2.45, 2.75) is 25.1 Å². The lowest BCUT2D eigenvalue weighted by Crippen LogP contribution is -2.30. The number of nitrogens with one attached hydrogen (secondary N) is 1. The zero-order chi connectivity index (χ0) is 11.3. The van der Waals surface area contributed by atoms with Crippen LogP contribution in [-0.2, 0) is 18.3 Å². The molecule has 0 saturated carbocycles. The van der Waals surface area contributed by atoms with Crippen LogP contribution in [0.4, 0.5) is 0 Å². The van der Waals surface area contributed by atoms with E-state index in [0.717, 1.165) is 18.5 Å². The summed E-state index contributed by atoms with van der Waals surface area (Å²) in [7, 11) is 1.78. The Hall–Kier alpha value is -1.10. The number of aryl methyl sites for hydroxylation is 2. The van der Waals surface area contributed by atoms with Crippen LogP contribution < -0.4 is 5.32 Å². The van der Waals surface area contributed by atoms with E-state index in [1.54, 1.807) is 20.2 Å². The van der Waals surface area contributed by atoms with Crippen molar-refractivity contribution < 1.29 is 4.79 Å². The number of carbonyl (C=O) groups excluding carboxylic acids is 1. The van der Waals surface area contributed by atoms with Crippen molar-refractivity contribution in [3.8, 4) is 0 Å². The first-order valence-corrected chi connectivity index (χ1v) is 5.30. The second-order valence-electron chi connectivity index (χ2n) is 3.34. The highest BCUT2D eigenvalue weighted by molar-refractivity contribution is 6.30. The summed E-state index contributed by atoms with van der Waals surface area (Å²) in [6.45, 7) is 2.27. The van der Waals surface area contributed by atoms with Crippen molar-refractivity contribution in [2.24, 2.45) is 7.05 Å². The highest BCUT2D eigenvalue weighted by Crippen LogP contribution is 1.96. The summed E-state index contributed by atoms with van der Waals surface area (Å²) in [5, 5.41) is 10.3. The third-order valence-electron chi connectivity index (χ3n) is 1.92. The van der Waals surface area contributed by atoms with Gasteiger partial charge in [0.2, 0.25) is 5.91 Å². The maximum atomic E-state index is 11.1. The Morgan fingerprint density at radius 2 is 2.47 bits per heavy atom. The van der Waals surface area contributed by atoms with Gasteiger partial charge in [0, 0.05) is 13.6 Å². The van der Waals surface area contributed by atoms with Gasteiger partial charge in [0.25, 0.3) is 0 Å². The second kappa shape index (κ2) is 5.70. The summed E-state index contributed by atoms with van der Waals surface area (Å²) in [6, 6.07) is 0. The minimum atomic E-state index is -0.471. The highest BCUT2D eigenvalue weighted by atomic mass is 35.5. The summed E-state index contributed by atoms with van der Waals surface area (Å²) >= 11 is 5.59.